The van der Waals surface area contributed by atoms with Gasteiger partial charge in [-0.05, 0) is 55.7 Å². The van der Waals surface area contributed by atoms with E-state index in [2.05, 4.69) is 26.5 Å². The molecule has 5 aromatic rings. The Bertz CT molecular complexity index is 1550. The van der Waals surface area contributed by atoms with Gasteiger partial charge in [-0.3, -0.25) is 19.0 Å². The molecule has 166 valence electrons. The predicted octanol–water partition coefficient (Wildman–Crippen LogP) is 4.45. The van der Waals surface area contributed by atoms with Gasteiger partial charge in [-0.15, -0.1) is 0 Å². The third kappa shape index (κ3) is 3.46. The van der Waals surface area contributed by atoms with Gasteiger partial charge in [-0.25, -0.2) is 9.37 Å². The van der Waals surface area contributed by atoms with E-state index in [9.17, 15) is 4.39 Å². The molecule has 4 heterocycles. The van der Waals surface area contributed by atoms with E-state index in [1.165, 1.54) is 12.1 Å². The van der Waals surface area contributed by atoms with E-state index in [0.717, 1.165) is 52.1 Å². The minimum Gasteiger partial charge on any atom is -0.266 e. The van der Waals surface area contributed by atoms with Crippen LogP contribution in [0.2, 0.25) is 0 Å². The highest BCUT2D eigenvalue weighted by Gasteiger charge is 2.28. The van der Waals surface area contributed by atoms with Gasteiger partial charge in [0, 0.05) is 30.4 Å². The Morgan fingerprint density at radius 3 is 2.76 bits per heavy atom. The minimum atomic E-state index is -0.255. The van der Waals surface area contributed by atoms with Crippen molar-refractivity contribution in [1.29, 1.82) is 0 Å². The smallest absolute Gasteiger partial charge is 0.200 e. The maximum atomic E-state index is 13.2. The van der Waals surface area contributed by atoms with Crippen LogP contribution in [-0.4, -0.2) is 39.3 Å². The van der Waals surface area contributed by atoms with Crippen LogP contribution in [0.4, 0.5) is 4.39 Å². The summed E-state index contributed by atoms with van der Waals surface area (Å²) in [6, 6.07) is 8.53. The summed E-state index contributed by atoms with van der Waals surface area (Å²) in [5.41, 5.74) is 5.51. The summed E-state index contributed by atoms with van der Waals surface area (Å²) < 4.78 is 19.2. The Morgan fingerprint density at radius 2 is 2.00 bits per heavy atom. The van der Waals surface area contributed by atoms with Gasteiger partial charge in [0.1, 0.15) is 5.82 Å². The highest BCUT2D eigenvalue weighted by Crippen LogP contribution is 2.42. The molecule has 0 radical (unpaired) electrons. The van der Waals surface area contributed by atoms with Gasteiger partial charge in [-0.2, -0.15) is 15.3 Å². The van der Waals surface area contributed by atoms with Crippen LogP contribution >= 0.6 is 12.2 Å². The van der Waals surface area contributed by atoms with E-state index < -0.39 is 0 Å². The molecule has 1 aliphatic rings. The molecular weight excluding hydrogens is 439 g/mol. The average molecular weight is 461 g/mol. The molecule has 1 saturated carbocycles. The van der Waals surface area contributed by atoms with Crippen LogP contribution in [0.15, 0.2) is 42.7 Å². The third-order valence-electron chi connectivity index (χ3n) is 6.03. The molecule has 10 heteroatoms. The first kappa shape index (κ1) is 20.0. The van der Waals surface area contributed by atoms with Crippen molar-refractivity contribution in [2.75, 3.05) is 0 Å². The van der Waals surface area contributed by atoms with Gasteiger partial charge in [0.15, 0.2) is 16.2 Å². The fourth-order valence-corrected chi connectivity index (χ4v) is 4.51. The molecular formula is C23H21FN8S. The third-order valence-corrected chi connectivity index (χ3v) is 6.31. The zero-order chi connectivity index (χ0) is 22.7. The molecule has 0 atom stereocenters. The molecule has 1 aliphatic carbocycles. The van der Waals surface area contributed by atoms with E-state index in [1.807, 2.05) is 29.4 Å². The first-order valence-electron chi connectivity index (χ1n) is 10.8. The molecule has 1 aromatic carbocycles. The van der Waals surface area contributed by atoms with Crippen molar-refractivity contribution in [2.45, 2.75) is 32.2 Å². The van der Waals surface area contributed by atoms with Crippen molar-refractivity contribution >= 4 is 23.3 Å². The van der Waals surface area contributed by atoms with Gasteiger partial charge < -0.3 is 0 Å². The number of pyridine rings is 1. The van der Waals surface area contributed by atoms with Crippen molar-refractivity contribution in [2.24, 2.45) is 7.05 Å². The number of halogens is 1. The first-order valence-corrected chi connectivity index (χ1v) is 11.2. The first-order chi connectivity index (χ1) is 16.0. The van der Waals surface area contributed by atoms with Gasteiger partial charge >= 0.3 is 0 Å². The van der Waals surface area contributed by atoms with Gasteiger partial charge in [0.25, 0.3) is 0 Å². The molecule has 1 fully saturated rings. The quantitative estimate of drug-likeness (QED) is 0.392. The summed E-state index contributed by atoms with van der Waals surface area (Å²) in [4.78, 5) is 4.89. The van der Waals surface area contributed by atoms with Crippen LogP contribution in [0, 0.1) is 17.5 Å². The lowest BCUT2D eigenvalue weighted by molar-refractivity contribution is 0.624. The Kier molecular flexibility index (Phi) is 4.51. The van der Waals surface area contributed by atoms with E-state index >= 15 is 0 Å². The molecule has 8 nitrogen and oxygen atoms in total. The van der Waals surface area contributed by atoms with Gasteiger partial charge in [0.2, 0.25) is 0 Å². The molecule has 1 N–H and O–H groups in total. The standard InChI is InChI=1S/C23H21FN8S/c1-13-20-18(9-19(15-5-6-15)26-22(20)30(2)29-13)21-27-28-23(33)32(21)17-10-25-31(12-17)11-14-3-7-16(24)8-4-14/h3-4,7-10,12,15H,5-6,11H2,1-2H3,(H,28,33). The largest absolute Gasteiger partial charge is 0.266 e. The zero-order valence-electron chi connectivity index (χ0n) is 18.2. The number of benzene rings is 1. The second-order valence-electron chi connectivity index (χ2n) is 8.49. The number of nitrogens with zero attached hydrogens (tertiary/aromatic N) is 7. The fraction of sp³-hybridized carbons (Fsp3) is 0.261. The van der Waals surface area contributed by atoms with E-state index in [4.69, 9.17) is 17.2 Å². The summed E-state index contributed by atoms with van der Waals surface area (Å²) in [6.45, 7) is 2.50. The lowest BCUT2D eigenvalue weighted by Gasteiger charge is -2.09. The molecule has 0 unspecified atom stereocenters. The predicted molar refractivity (Wildman–Crippen MR) is 124 cm³/mol. The number of hydrogen-bond acceptors (Lipinski definition) is 5. The van der Waals surface area contributed by atoms with Crippen LogP contribution in [0.25, 0.3) is 28.1 Å². The number of aryl methyl sites for hydroxylation is 2. The monoisotopic (exact) mass is 460 g/mol. The Labute approximate surface area is 193 Å². The van der Waals surface area contributed by atoms with Crippen LogP contribution in [0.5, 0.6) is 0 Å². The summed E-state index contributed by atoms with van der Waals surface area (Å²) in [5.74, 6) is 0.929. The van der Waals surface area contributed by atoms with Crippen LogP contribution in [0.3, 0.4) is 0 Å². The second kappa shape index (κ2) is 7.45. The number of rotatable bonds is 5. The topological polar surface area (TPSA) is 82.1 Å². The van der Waals surface area contributed by atoms with Crippen LogP contribution in [0.1, 0.15) is 35.7 Å². The Hall–Kier alpha value is -3.66. The Balaban J connectivity index is 1.46. The summed E-state index contributed by atoms with van der Waals surface area (Å²) in [7, 11) is 1.92. The van der Waals surface area contributed by atoms with E-state index in [0.29, 0.717) is 23.1 Å². The van der Waals surface area contributed by atoms with Crippen molar-refractivity contribution in [3.8, 4) is 17.1 Å². The molecule has 33 heavy (non-hydrogen) atoms. The normalized spacial score (nSPS) is 13.8. The average Bonchev–Trinajstić information content (AvgIpc) is 3.34. The lowest BCUT2D eigenvalue weighted by Crippen LogP contribution is -2.01. The zero-order valence-corrected chi connectivity index (χ0v) is 19.0. The number of aromatic nitrogens is 8. The fourth-order valence-electron chi connectivity index (χ4n) is 4.28. The van der Waals surface area contributed by atoms with Gasteiger partial charge in [0.05, 0.1) is 29.5 Å². The van der Waals surface area contributed by atoms with Crippen LogP contribution < -0.4 is 0 Å². The maximum Gasteiger partial charge on any atom is 0.200 e. The van der Waals surface area contributed by atoms with E-state index in [-0.39, 0.29) is 5.82 Å². The lowest BCUT2D eigenvalue weighted by atomic mass is 10.1. The highest BCUT2D eigenvalue weighted by atomic mass is 32.1. The second-order valence-corrected chi connectivity index (χ2v) is 8.87. The number of nitrogens with one attached hydrogen (secondary N) is 1. The molecule has 0 bridgehead atoms. The number of fused-ring (bicyclic) bond motifs is 1. The molecule has 0 saturated heterocycles. The Morgan fingerprint density at radius 1 is 1.21 bits per heavy atom. The summed E-state index contributed by atoms with van der Waals surface area (Å²) in [5, 5.41) is 17.6. The summed E-state index contributed by atoms with van der Waals surface area (Å²) >= 11 is 5.60. The highest BCUT2D eigenvalue weighted by molar-refractivity contribution is 7.71. The van der Waals surface area contributed by atoms with Crippen LogP contribution in [-0.2, 0) is 13.6 Å². The van der Waals surface area contributed by atoms with Crippen molar-refractivity contribution in [1.82, 2.24) is 39.3 Å². The maximum absolute atomic E-state index is 13.2. The molecule has 0 amide bonds. The summed E-state index contributed by atoms with van der Waals surface area (Å²) in [6.07, 6.45) is 5.97. The van der Waals surface area contributed by atoms with E-state index in [1.54, 1.807) is 23.0 Å². The van der Waals surface area contributed by atoms with Gasteiger partial charge in [-0.1, -0.05) is 12.1 Å². The number of H-pyrrole nitrogens is 1. The van der Waals surface area contributed by atoms with Crippen molar-refractivity contribution in [3.63, 3.8) is 0 Å². The number of aromatic amines is 1. The minimum absolute atomic E-state index is 0.255. The molecule has 6 rings (SSSR count). The van der Waals surface area contributed by atoms with Crippen molar-refractivity contribution in [3.05, 3.63) is 70.3 Å². The SMILES string of the molecule is Cc1nn(C)c2nc(C3CC3)cc(-c3n[nH]c(=S)n3-c3cnn(Cc4ccc(F)cc4)c3)c12. The molecule has 0 aliphatic heterocycles. The molecule has 4 aromatic heterocycles. The van der Waals surface area contributed by atoms with Crippen molar-refractivity contribution < 1.29 is 4.39 Å². The molecule has 0 spiro atoms. The number of hydrogen-bond donors (Lipinski definition) is 1.